The van der Waals surface area contributed by atoms with Crippen LogP contribution in [-0.2, 0) is 9.84 Å². The van der Waals surface area contributed by atoms with Gasteiger partial charge in [-0.2, -0.15) is 0 Å². The van der Waals surface area contributed by atoms with E-state index in [9.17, 15) is 13.5 Å². The molecule has 0 fully saturated rings. The number of aromatic hydroxyl groups is 1. The average Bonchev–Trinajstić information content (AvgIpc) is 2.31. The van der Waals surface area contributed by atoms with Gasteiger partial charge < -0.3 is 5.11 Å². The van der Waals surface area contributed by atoms with Crippen LogP contribution in [0.5, 0.6) is 5.75 Å². The van der Waals surface area contributed by atoms with E-state index in [1.807, 2.05) is 0 Å². The van der Waals surface area contributed by atoms with Crippen molar-refractivity contribution in [2.24, 2.45) is 0 Å². The van der Waals surface area contributed by atoms with Crippen LogP contribution in [-0.4, -0.2) is 19.8 Å². The molecule has 0 spiro atoms. The van der Waals surface area contributed by atoms with Crippen LogP contribution < -0.4 is 0 Å². The lowest BCUT2D eigenvalue weighted by molar-refractivity contribution is 0.462. The predicted molar refractivity (Wildman–Crippen MR) is 71.8 cm³/mol. The average molecular weight is 280 g/mol. The second kappa shape index (κ2) is 5.04. The summed E-state index contributed by atoms with van der Waals surface area (Å²) >= 11 is 1.24. The molecule has 18 heavy (non-hydrogen) atoms. The number of rotatable bonds is 3. The first-order valence-electron chi connectivity index (χ1n) is 5.23. The van der Waals surface area contributed by atoms with Gasteiger partial charge in [-0.1, -0.05) is 36.0 Å². The molecule has 0 bridgehead atoms. The fraction of sp³-hybridized carbons (Fsp3) is 0.0769. The van der Waals surface area contributed by atoms with Gasteiger partial charge in [0.05, 0.1) is 9.79 Å². The molecule has 0 aliphatic carbocycles. The van der Waals surface area contributed by atoms with Crippen molar-refractivity contribution < 1.29 is 13.5 Å². The Morgan fingerprint density at radius 3 is 2.11 bits per heavy atom. The molecule has 0 aromatic heterocycles. The number of benzene rings is 2. The third kappa shape index (κ3) is 2.86. The highest BCUT2D eigenvalue weighted by Crippen LogP contribution is 2.37. The van der Waals surface area contributed by atoms with E-state index in [0.717, 1.165) is 0 Å². The van der Waals surface area contributed by atoms with E-state index < -0.39 is 9.84 Å². The van der Waals surface area contributed by atoms with E-state index in [4.69, 9.17) is 0 Å². The molecular weight excluding hydrogens is 268 g/mol. The van der Waals surface area contributed by atoms with Crippen molar-refractivity contribution >= 4 is 21.6 Å². The highest BCUT2D eigenvalue weighted by molar-refractivity contribution is 8.00. The van der Waals surface area contributed by atoms with E-state index >= 15 is 0 Å². The topological polar surface area (TPSA) is 54.4 Å². The minimum Gasteiger partial charge on any atom is -0.507 e. The molecule has 0 unspecified atom stereocenters. The number of phenols is 1. The maximum absolute atomic E-state index is 11.7. The SMILES string of the molecule is CS(=O)(=O)c1ccccc1Sc1ccccc1O. The van der Waals surface area contributed by atoms with Gasteiger partial charge in [0.1, 0.15) is 5.75 Å². The number of para-hydroxylation sites is 1. The molecule has 0 radical (unpaired) electrons. The van der Waals surface area contributed by atoms with E-state index in [1.165, 1.54) is 18.0 Å². The minimum atomic E-state index is -3.27. The second-order valence-corrected chi connectivity index (χ2v) is 6.86. The Morgan fingerprint density at radius 2 is 1.50 bits per heavy atom. The van der Waals surface area contributed by atoms with Crippen molar-refractivity contribution in [2.45, 2.75) is 14.7 Å². The number of phenolic OH excluding ortho intramolecular Hbond substituents is 1. The zero-order valence-corrected chi connectivity index (χ0v) is 11.3. The first-order chi connectivity index (χ1) is 8.48. The molecule has 0 aliphatic rings. The quantitative estimate of drug-likeness (QED) is 0.939. The van der Waals surface area contributed by atoms with Crippen LogP contribution in [0.15, 0.2) is 63.2 Å². The van der Waals surface area contributed by atoms with Crippen LogP contribution >= 0.6 is 11.8 Å². The Kier molecular flexibility index (Phi) is 3.63. The standard InChI is InChI=1S/C13H12O3S2/c1-18(15,16)13-9-5-4-8-12(13)17-11-7-3-2-6-10(11)14/h2-9,14H,1H3. The zero-order valence-electron chi connectivity index (χ0n) is 9.70. The van der Waals surface area contributed by atoms with Crippen LogP contribution in [0.1, 0.15) is 0 Å². The summed E-state index contributed by atoms with van der Waals surface area (Å²) < 4.78 is 23.3. The van der Waals surface area contributed by atoms with Gasteiger partial charge in [0, 0.05) is 11.2 Å². The van der Waals surface area contributed by atoms with Gasteiger partial charge in [-0.25, -0.2) is 8.42 Å². The van der Waals surface area contributed by atoms with Crippen molar-refractivity contribution in [3.63, 3.8) is 0 Å². The summed E-state index contributed by atoms with van der Waals surface area (Å²) in [5, 5.41) is 9.70. The van der Waals surface area contributed by atoms with Gasteiger partial charge in [-0.05, 0) is 24.3 Å². The summed E-state index contributed by atoms with van der Waals surface area (Å²) in [6.07, 6.45) is 1.18. The van der Waals surface area contributed by atoms with Crippen molar-refractivity contribution in [3.8, 4) is 5.75 Å². The van der Waals surface area contributed by atoms with E-state index in [-0.39, 0.29) is 10.6 Å². The Labute approximate surface area is 110 Å². The summed E-state index contributed by atoms with van der Waals surface area (Å²) in [6, 6.07) is 13.6. The van der Waals surface area contributed by atoms with Gasteiger partial charge in [-0.15, -0.1) is 0 Å². The van der Waals surface area contributed by atoms with E-state index in [0.29, 0.717) is 9.79 Å². The highest BCUT2D eigenvalue weighted by Gasteiger charge is 2.14. The van der Waals surface area contributed by atoms with E-state index in [1.54, 1.807) is 48.5 Å². The molecule has 2 aromatic carbocycles. The molecule has 2 aromatic rings. The normalized spacial score (nSPS) is 11.4. The maximum atomic E-state index is 11.7. The zero-order chi connectivity index (χ0) is 13.2. The Morgan fingerprint density at radius 1 is 0.944 bits per heavy atom. The highest BCUT2D eigenvalue weighted by atomic mass is 32.2. The lowest BCUT2D eigenvalue weighted by Gasteiger charge is -2.08. The minimum absolute atomic E-state index is 0.144. The molecule has 3 nitrogen and oxygen atoms in total. The fourth-order valence-corrected chi connectivity index (χ4v) is 3.71. The van der Waals surface area contributed by atoms with E-state index in [2.05, 4.69) is 0 Å². The second-order valence-electron chi connectivity index (χ2n) is 3.79. The summed E-state index contributed by atoms with van der Waals surface area (Å²) in [5.74, 6) is 0.144. The van der Waals surface area contributed by atoms with Crippen LogP contribution in [0, 0.1) is 0 Å². The molecular formula is C13H12O3S2. The van der Waals surface area contributed by atoms with Crippen molar-refractivity contribution in [2.75, 3.05) is 6.26 Å². The summed E-state index contributed by atoms with van der Waals surface area (Å²) in [6.45, 7) is 0. The predicted octanol–water partition coefficient (Wildman–Crippen LogP) is 2.95. The molecule has 2 rings (SSSR count). The van der Waals surface area contributed by atoms with Crippen LogP contribution in [0.4, 0.5) is 0 Å². The molecule has 0 aliphatic heterocycles. The van der Waals surface area contributed by atoms with Crippen LogP contribution in [0.2, 0.25) is 0 Å². The molecule has 0 heterocycles. The molecule has 1 N–H and O–H groups in total. The van der Waals surface area contributed by atoms with Gasteiger partial charge >= 0.3 is 0 Å². The summed E-state index contributed by atoms with van der Waals surface area (Å²) in [4.78, 5) is 1.52. The lowest BCUT2D eigenvalue weighted by Crippen LogP contribution is -1.98. The maximum Gasteiger partial charge on any atom is 0.176 e. The smallest absolute Gasteiger partial charge is 0.176 e. The third-order valence-corrected chi connectivity index (χ3v) is 4.76. The Balaban J connectivity index is 2.45. The molecule has 0 saturated heterocycles. The molecule has 94 valence electrons. The van der Waals surface area contributed by atoms with Crippen molar-refractivity contribution in [3.05, 3.63) is 48.5 Å². The molecule has 0 amide bonds. The number of hydrogen-bond acceptors (Lipinski definition) is 4. The fourth-order valence-electron chi connectivity index (χ4n) is 1.50. The summed E-state index contributed by atoms with van der Waals surface area (Å²) in [5.41, 5.74) is 0. The Hall–Kier alpha value is -1.46. The van der Waals surface area contributed by atoms with Gasteiger partial charge in [0.2, 0.25) is 0 Å². The van der Waals surface area contributed by atoms with Gasteiger partial charge in [0.15, 0.2) is 9.84 Å². The van der Waals surface area contributed by atoms with Gasteiger partial charge in [0.25, 0.3) is 0 Å². The largest absolute Gasteiger partial charge is 0.507 e. The van der Waals surface area contributed by atoms with Crippen LogP contribution in [0.3, 0.4) is 0 Å². The van der Waals surface area contributed by atoms with Gasteiger partial charge in [-0.3, -0.25) is 0 Å². The molecule has 0 atom stereocenters. The van der Waals surface area contributed by atoms with Crippen LogP contribution in [0.25, 0.3) is 0 Å². The first kappa shape index (κ1) is 13.0. The third-order valence-electron chi connectivity index (χ3n) is 2.33. The molecule has 5 heteroatoms. The van der Waals surface area contributed by atoms with Crippen molar-refractivity contribution in [1.82, 2.24) is 0 Å². The number of hydrogen-bond donors (Lipinski definition) is 1. The molecule has 0 saturated carbocycles. The monoisotopic (exact) mass is 280 g/mol. The van der Waals surface area contributed by atoms with Crippen molar-refractivity contribution in [1.29, 1.82) is 0 Å². The summed E-state index contributed by atoms with van der Waals surface area (Å²) in [7, 11) is -3.27. The lowest BCUT2D eigenvalue weighted by atomic mass is 10.3. The Bertz CT molecular complexity index is 663. The number of sulfone groups is 1. The first-order valence-corrected chi connectivity index (χ1v) is 7.94.